The Morgan fingerprint density at radius 1 is 1.23 bits per heavy atom. The summed E-state index contributed by atoms with van der Waals surface area (Å²) in [6.07, 6.45) is 5.85. The first kappa shape index (κ1) is 18.4. The zero-order chi connectivity index (χ0) is 18.9. The summed E-state index contributed by atoms with van der Waals surface area (Å²) in [6.45, 7) is 10.3. The van der Waals surface area contributed by atoms with Gasteiger partial charge in [-0.2, -0.15) is 0 Å². The SMILES string of the molecule is Cc1cc(-c2cnc(C)c(CC(=O)O)c2N2CCC(C)(C)CC2)ccn1. The maximum absolute atomic E-state index is 11.5. The molecule has 1 fully saturated rings. The highest BCUT2D eigenvalue weighted by Crippen LogP contribution is 2.39. The molecule has 1 saturated heterocycles. The van der Waals surface area contributed by atoms with E-state index in [2.05, 4.69) is 28.7 Å². The van der Waals surface area contributed by atoms with Gasteiger partial charge >= 0.3 is 5.97 Å². The fourth-order valence-corrected chi connectivity index (χ4v) is 3.62. The van der Waals surface area contributed by atoms with Gasteiger partial charge in [-0.1, -0.05) is 13.8 Å². The largest absolute Gasteiger partial charge is 0.481 e. The van der Waals surface area contributed by atoms with Crippen LogP contribution in [0.3, 0.4) is 0 Å². The quantitative estimate of drug-likeness (QED) is 0.899. The second-order valence-corrected chi connectivity index (χ2v) is 7.99. The Balaban J connectivity index is 2.14. The second-order valence-electron chi connectivity index (χ2n) is 7.99. The van der Waals surface area contributed by atoms with Crippen molar-refractivity contribution in [2.45, 2.75) is 47.0 Å². The van der Waals surface area contributed by atoms with Gasteiger partial charge in [0.2, 0.25) is 0 Å². The molecule has 2 aromatic heterocycles. The molecule has 0 aromatic carbocycles. The molecule has 2 aromatic rings. The average molecular weight is 353 g/mol. The minimum absolute atomic E-state index is 0.00797. The van der Waals surface area contributed by atoms with Crippen LogP contribution >= 0.6 is 0 Å². The van der Waals surface area contributed by atoms with Gasteiger partial charge in [0.25, 0.3) is 0 Å². The van der Waals surface area contributed by atoms with Crippen molar-refractivity contribution >= 4 is 11.7 Å². The fraction of sp³-hybridized carbons (Fsp3) is 0.476. The normalized spacial score (nSPS) is 16.5. The molecule has 0 amide bonds. The van der Waals surface area contributed by atoms with Crippen molar-refractivity contribution in [3.8, 4) is 11.1 Å². The highest BCUT2D eigenvalue weighted by Gasteiger charge is 2.29. The third-order valence-corrected chi connectivity index (χ3v) is 5.33. The Hall–Kier alpha value is -2.43. The van der Waals surface area contributed by atoms with Crippen molar-refractivity contribution < 1.29 is 9.90 Å². The summed E-state index contributed by atoms with van der Waals surface area (Å²) in [5.74, 6) is -0.823. The number of carboxylic acid groups (broad SMARTS) is 1. The first-order valence-corrected chi connectivity index (χ1v) is 9.15. The molecule has 0 spiro atoms. The van der Waals surface area contributed by atoms with Gasteiger partial charge in [-0.25, -0.2) is 0 Å². The van der Waals surface area contributed by atoms with E-state index in [9.17, 15) is 9.90 Å². The van der Waals surface area contributed by atoms with E-state index in [-0.39, 0.29) is 6.42 Å². The van der Waals surface area contributed by atoms with Crippen LogP contribution in [-0.2, 0) is 11.2 Å². The number of carboxylic acids is 1. The first-order chi connectivity index (χ1) is 12.3. The van der Waals surface area contributed by atoms with E-state index < -0.39 is 5.97 Å². The Bertz CT molecular complexity index is 820. The van der Waals surface area contributed by atoms with E-state index in [1.807, 2.05) is 32.2 Å². The van der Waals surface area contributed by atoms with E-state index in [1.54, 1.807) is 6.20 Å². The number of carbonyl (C=O) groups is 1. The predicted molar refractivity (Wildman–Crippen MR) is 104 cm³/mol. The van der Waals surface area contributed by atoms with Crippen molar-refractivity contribution in [2.75, 3.05) is 18.0 Å². The Morgan fingerprint density at radius 3 is 2.54 bits per heavy atom. The maximum atomic E-state index is 11.5. The smallest absolute Gasteiger partial charge is 0.307 e. The second kappa shape index (κ2) is 7.06. The van der Waals surface area contributed by atoms with Crippen molar-refractivity contribution in [3.63, 3.8) is 0 Å². The summed E-state index contributed by atoms with van der Waals surface area (Å²) in [5.41, 5.74) is 5.95. The van der Waals surface area contributed by atoms with Crippen LogP contribution in [0.4, 0.5) is 5.69 Å². The summed E-state index contributed by atoms with van der Waals surface area (Å²) in [4.78, 5) is 22.7. The van der Waals surface area contributed by atoms with Gasteiger partial charge < -0.3 is 10.0 Å². The van der Waals surface area contributed by atoms with Crippen LogP contribution in [0, 0.1) is 19.3 Å². The number of piperidine rings is 1. The molecule has 5 nitrogen and oxygen atoms in total. The number of aryl methyl sites for hydroxylation is 2. The van der Waals surface area contributed by atoms with Gasteiger partial charge in [0.1, 0.15) is 0 Å². The van der Waals surface area contributed by atoms with E-state index in [0.717, 1.165) is 59.7 Å². The third kappa shape index (κ3) is 3.87. The molecule has 0 bridgehead atoms. The fourth-order valence-electron chi connectivity index (χ4n) is 3.62. The molecule has 3 heterocycles. The molecule has 5 heteroatoms. The summed E-state index contributed by atoms with van der Waals surface area (Å²) in [6, 6.07) is 4.01. The Kier molecular flexibility index (Phi) is 4.99. The molecule has 1 aliphatic rings. The zero-order valence-corrected chi connectivity index (χ0v) is 16.0. The van der Waals surface area contributed by atoms with Crippen molar-refractivity contribution in [1.29, 1.82) is 0 Å². The van der Waals surface area contributed by atoms with Crippen molar-refractivity contribution in [1.82, 2.24) is 9.97 Å². The number of aliphatic carboxylic acids is 1. The molecule has 0 radical (unpaired) electrons. The number of hydrogen-bond acceptors (Lipinski definition) is 4. The van der Waals surface area contributed by atoms with Gasteiger partial charge in [0.05, 0.1) is 12.1 Å². The van der Waals surface area contributed by atoms with Crippen LogP contribution in [0.2, 0.25) is 0 Å². The Morgan fingerprint density at radius 2 is 1.92 bits per heavy atom. The van der Waals surface area contributed by atoms with Crippen LogP contribution in [0.15, 0.2) is 24.5 Å². The van der Waals surface area contributed by atoms with E-state index in [0.29, 0.717) is 5.41 Å². The summed E-state index contributed by atoms with van der Waals surface area (Å²) in [7, 11) is 0. The average Bonchev–Trinajstić information content (AvgIpc) is 2.56. The minimum Gasteiger partial charge on any atom is -0.481 e. The van der Waals surface area contributed by atoms with Crippen LogP contribution in [0.5, 0.6) is 0 Å². The van der Waals surface area contributed by atoms with Crippen molar-refractivity contribution in [3.05, 3.63) is 41.5 Å². The van der Waals surface area contributed by atoms with Crippen molar-refractivity contribution in [2.24, 2.45) is 5.41 Å². The molecule has 1 aliphatic heterocycles. The summed E-state index contributed by atoms with van der Waals surface area (Å²) < 4.78 is 0. The highest BCUT2D eigenvalue weighted by molar-refractivity contribution is 5.84. The lowest BCUT2D eigenvalue weighted by atomic mass is 9.82. The van der Waals surface area contributed by atoms with Gasteiger partial charge in [-0.05, 0) is 49.8 Å². The Labute approximate surface area is 155 Å². The third-order valence-electron chi connectivity index (χ3n) is 5.33. The number of rotatable bonds is 4. The minimum atomic E-state index is -0.823. The lowest BCUT2D eigenvalue weighted by molar-refractivity contribution is -0.136. The first-order valence-electron chi connectivity index (χ1n) is 9.15. The topological polar surface area (TPSA) is 66.3 Å². The molecule has 138 valence electrons. The molecule has 1 N–H and O–H groups in total. The monoisotopic (exact) mass is 353 g/mol. The molecule has 0 unspecified atom stereocenters. The van der Waals surface area contributed by atoms with Crippen LogP contribution in [-0.4, -0.2) is 34.1 Å². The molecule has 0 atom stereocenters. The lowest BCUT2D eigenvalue weighted by Gasteiger charge is -2.40. The number of pyridine rings is 2. The molecular weight excluding hydrogens is 326 g/mol. The lowest BCUT2D eigenvalue weighted by Crippen LogP contribution is -2.38. The van der Waals surface area contributed by atoms with Gasteiger partial charge in [0.15, 0.2) is 0 Å². The summed E-state index contributed by atoms with van der Waals surface area (Å²) in [5, 5.41) is 9.45. The summed E-state index contributed by atoms with van der Waals surface area (Å²) >= 11 is 0. The van der Waals surface area contributed by atoms with Crippen LogP contribution in [0.1, 0.15) is 43.6 Å². The molecular formula is C21H27N3O2. The highest BCUT2D eigenvalue weighted by atomic mass is 16.4. The number of hydrogen-bond donors (Lipinski definition) is 1. The molecule has 26 heavy (non-hydrogen) atoms. The van der Waals surface area contributed by atoms with Crippen LogP contribution < -0.4 is 4.90 Å². The number of anilines is 1. The van der Waals surface area contributed by atoms with E-state index >= 15 is 0 Å². The molecule has 0 saturated carbocycles. The van der Waals surface area contributed by atoms with Gasteiger partial charge in [0, 0.05) is 48.0 Å². The van der Waals surface area contributed by atoms with Crippen LogP contribution in [0.25, 0.3) is 11.1 Å². The zero-order valence-electron chi connectivity index (χ0n) is 16.0. The standard InChI is InChI=1S/C21H27N3O2/c1-14-11-16(5-8-22-14)18-13-23-15(2)17(12-19(25)26)20(18)24-9-6-21(3,4)7-10-24/h5,8,11,13H,6-7,9-10,12H2,1-4H3,(H,25,26). The predicted octanol–water partition coefficient (Wildman–Crippen LogP) is 4.01. The van der Waals surface area contributed by atoms with E-state index in [4.69, 9.17) is 0 Å². The van der Waals surface area contributed by atoms with E-state index in [1.165, 1.54) is 0 Å². The number of aromatic nitrogens is 2. The van der Waals surface area contributed by atoms with Gasteiger partial charge in [-0.3, -0.25) is 14.8 Å². The van der Waals surface area contributed by atoms with Gasteiger partial charge in [-0.15, -0.1) is 0 Å². The maximum Gasteiger partial charge on any atom is 0.307 e. The number of nitrogens with zero attached hydrogens (tertiary/aromatic N) is 3. The molecule has 3 rings (SSSR count). The molecule has 0 aliphatic carbocycles.